The fraction of sp³-hybridized carbons (Fsp3) is 1.00. The van der Waals surface area contributed by atoms with Gasteiger partial charge in [0.1, 0.15) is 0 Å². The third-order valence-electron chi connectivity index (χ3n) is 4.12. The predicted octanol–water partition coefficient (Wildman–Crippen LogP) is 3.73. The molecule has 0 aromatic rings. The second-order valence-electron chi connectivity index (χ2n) is 6.30. The molecule has 1 saturated heterocycles. The molecule has 1 rings (SSSR count). The minimum atomic E-state index is -4.12. The average molecular weight is 312 g/mol. The van der Waals surface area contributed by atoms with Crippen LogP contribution in [0.5, 0.6) is 0 Å². The molecule has 1 fully saturated rings. The number of hydrogen-bond acceptors (Lipinski definition) is 3. The summed E-state index contributed by atoms with van der Waals surface area (Å²) in [6.07, 6.45) is 2.02. The van der Waals surface area contributed by atoms with Crippen molar-refractivity contribution in [3.63, 3.8) is 0 Å². The molecule has 2 nitrogen and oxygen atoms in total. The van der Waals surface area contributed by atoms with Crippen LogP contribution in [0.15, 0.2) is 0 Å². The first-order chi connectivity index (χ1) is 9.16. The Hall–Kier alpha value is 0.0600. The fourth-order valence-electron chi connectivity index (χ4n) is 2.74. The molecule has 1 heterocycles. The number of thioether (sulfide) groups is 1. The molecule has 0 aromatic heterocycles. The van der Waals surface area contributed by atoms with Gasteiger partial charge in [-0.2, -0.15) is 13.2 Å². The second kappa shape index (κ2) is 7.36. The lowest BCUT2D eigenvalue weighted by atomic mass is 9.90. The van der Waals surface area contributed by atoms with Crippen LogP contribution in [0.1, 0.15) is 40.5 Å². The first-order valence-corrected chi connectivity index (χ1v) is 8.34. The summed E-state index contributed by atoms with van der Waals surface area (Å²) in [6.45, 7) is 10.8. The van der Waals surface area contributed by atoms with Gasteiger partial charge in [-0.25, -0.2) is 0 Å². The molecular weight excluding hydrogens is 285 g/mol. The summed E-state index contributed by atoms with van der Waals surface area (Å²) in [6, 6.07) is 0.394. The number of hydrogen-bond donors (Lipinski definition) is 1. The lowest BCUT2D eigenvalue weighted by Gasteiger charge is -2.48. The Morgan fingerprint density at radius 3 is 2.55 bits per heavy atom. The monoisotopic (exact) mass is 312 g/mol. The van der Waals surface area contributed by atoms with Crippen LogP contribution in [0.3, 0.4) is 0 Å². The maximum Gasteiger partial charge on any atom is 0.441 e. The Labute approximate surface area is 124 Å². The predicted molar refractivity (Wildman–Crippen MR) is 80.0 cm³/mol. The van der Waals surface area contributed by atoms with Crippen LogP contribution < -0.4 is 5.32 Å². The van der Waals surface area contributed by atoms with Crippen molar-refractivity contribution in [3.05, 3.63) is 0 Å². The summed E-state index contributed by atoms with van der Waals surface area (Å²) in [4.78, 5) is 2.25. The van der Waals surface area contributed by atoms with Gasteiger partial charge in [0.05, 0.1) is 0 Å². The average Bonchev–Trinajstić information content (AvgIpc) is 2.31. The van der Waals surface area contributed by atoms with Crippen LogP contribution in [0.25, 0.3) is 0 Å². The molecule has 6 heteroatoms. The first-order valence-electron chi connectivity index (χ1n) is 7.35. The Bertz CT molecular complexity index is 297. The number of halogens is 3. The van der Waals surface area contributed by atoms with Gasteiger partial charge in [-0.05, 0) is 37.4 Å². The second-order valence-corrected chi connectivity index (χ2v) is 7.46. The van der Waals surface area contributed by atoms with E-state index in [1.54, 1.807) is 0 Å². The van der Waals surface area contributed by atoms with E-state index in [9.17, 15) is 13.2 Å². The highest BCUT2D eigenvalue weighted by molar-refractivity contribution is 8.00. The van der Waals surface area contributed by atoms with Crippen molar-refractivity contribution in [1.82, 2.24) is 10.2 Å². The van der Waals surface area contributed by atoms with Crippen molar-refractivity contribution in [2.24, 2.45) is 5.92 Å². The van der Waals surface area contributed by atoms with Crippen molar-refractivity contribution in [3.8, 4) is 0 Å². The standard InChI is InChI=1S/C14H27F3N2S/c1-5-13(4)10-18-12(8-11(2)3)9-19(13)6-7-20-14(15,16)17/h11-12,18H,5-10H2,1-4H3. The fourth-order valence-corrected chi connectivity index (χ4v) is 3.28. The number of alkyl halides is 3. The minimum Gasteiger partial charge on any atom is -0.311 e. The van der Waals surface area contributed by atoms with Crippen LogP contribution in [-0.2, 0) is 0 Å². The van der Waals surface area contributed by atoms with E-state index in [4.69, 9.17) is 0 Å². The van der Waals surface area contributed by atoms with E-state index in [1.165, 1.54) is 0 Å². The molecule has 0 aromatic carbocycles. The van der Waals surface area contributed by atoms with Crippen molar-refractivity contribution in [2.75, 3.05) is 25.4 Å². The topological polar surface area (TPSA) is 15.3 Å². The molecule has 1 aliphatic heterocycles. The zero-order valence-corrected chi connectivity index (χ0v) is 13.7. The molecular formula is C14H27F3N2S. The van der Waals surface area contributed by atoms with Crippen LogP contribution in [0.4, 0.5) is 13.2 Å². The Balaban J connectivity index is 2.55. The SMILES string of the molecule is CCC1(C)CNC(CC(C)C)CN1CCSC(F)(F)F. The molecule has 1 N–H and O–H groups in total. The number of piperazine rings is 1. The molecule has 20 heavy (non-hydrogen) atoms. The summed E-state index contributed by atoms with van der Waals surface area (Å²) in [5, 5.41) is 3.56. The summed E-state index contributed by atoms with van der Waals surface area (Å²) < 4.78 is 36.8. The molecule has 120 valence electrons. The van der Waals surface area contributed by atoms with E-state index in [0.29, 0.717) is 18.5 Å². The third-order valence-corrected chi connectivity index (χ3v) is 4.83. The minimum absolute atomic E-state index is 0.0281. The maximum absolute atomic E-state index is 12.3. The van der Waals surface area contributed by atoms with Crippen LogP contribution in [0, 0.1) is 5.92 Å². The molecule has 2 atom stereocenters. The van der Waals surface area contributed by atoms with E-state index < -0.39 is 5.51 Å². The zero-order chi connectivity index (χ0) is 15.4. The normalized spacial score (nSPS) is 29.1. The van der Waals surface area contributed by atoms with Gasteiger partial charge < -0.3 is 5.32 Å². The van der Waals surface area contributed by atoms with Crippen molar-refractivity contribution in [2.45, 2.75) is 57.6 Å². The number of nitrogens with zero attached hydrogens (tertiary/aromatic N) is 1. The van der Waals surface area contributed by atoms with Gasteiger partial charge >= 0.3 is 5.51 Å². The van der Waals surface area contributed by atoms with Crippen LogP contribution in [-0.4, -0.2) is 47.4 Å². The molecule has 0 saturated carbocycles. The van der Waals surface area contributed by atoms with Crippen molar-refractivity contribution < 1.29 is 13.2 Å². The van der Waals surface area contributed by atoms with Gasteiger partial charge in [0, 0.05) is 37.0 Å². The van der Waals surface area contributed by atoms with Crippen molar-refractivity contribution >= 4 is 11.8 Å². The highest BCUT2D eigenvalue weighted by Gasteiger charge is 2.37. The third kappa shape index (κ3) is 5.82. The largest absolute Gasteiger partial charge is 0.441 e. The maximum atomic E-state index is 12.3. The van der Waals surface area contributed by atoms with Gasteiger partial charge in [-0.3, -0.25) is 4.90 Å². The molecule has 0 aliphatic carbocycles. The van der Waals surface area contributed by atoms with Crippen molar-refractivity contribution in [1.29, 1.82) is 0 Å². The van der Waals surface area contributed by atoms with E-state index in [0.717, 1.165) is 25.9 Å². The van der Waals surface area contributed by atoms with Crippen LogP contribution in [0.2, 0.25) is 0 Å². The number of rotatable bonds is 6. The quantitative estimate of drug-likeness (QED) is 0.804. The lowest BCUT2D eigenvalue weighted by molar-refractivity contribution is -0.0332. The van der Waals surface area contributed by atoms with Crippen LogP contribution >= 0.6 is 11.8 Å². The lowest BCUT2D eigenvalue weighted by Crippen LogP contribution is -2.63. The summed E-state index contributed by atoms with van der Waals surface area (Å²) in [5.74, 6) is 0.720. The summed E-state index contributed by atoms with van der Waals surface area (Å²) >= 11 is 0.0915. The van der Waals surface area contributed by atoms with E-state index >= 15 is 0 Å². The summed E-state index contributed by atoms with van der Waals surface area (Å²) in [7, 11) is 0. The summed E-state index contributed by atoms with van der Waals surface area (Å²) in [5.41, 5.74) is -4.15. The Morgan fingerprint density at radius 1 is 1.40 bits per heavy atom. The molecule has 0 spiro atoms. The first kappa shape index (κ1) is 18.1. The van der Waals surface area contributed by atoms with Gasteiger partial charge in [0.15, 0.2) is 0 Å². The van der Waals surface area contributed by atoms with E-state index in [-0.39, 0.29) is 23.1 Å². The van der Waals surface area contributed by atoms with Gasteiger partial charge in [0.2, 0.25) is 0 Å². The zero-order valence-electron chi connectivity index (χ0n) is 12.9. The molecule has 0 amide bonds. The Morgan fingerprint density at radius 2 is 2.05 bits per heavy atom. The van der Waals surface area contributed by atoms with Gasteiger partial charge in [0.25, 0.3) is 0 Å². The number of nitrogens with one attached hydrogen (secondary N) is 1. The highest BCUT2D eigenvalue weighted by atomic mass is 32.2. The molecule has 1 aliphatic rings. The highest BCUT2D eigenvalue weighted by Crippen LogP contribution is 2.31. The molecule has 0 bridgehead atoms. The molecule has 0 radical (unpaired) electrons. The van der Waals surface area contributed by atoms with Gasteiger partial charge in [-0.1, -0.05) is 20.8 Å². The Kier molecular flexibility index (Phi) is 6.67. The van der Waals surface area contributed by atoms with E-state index in [2.05, 4.69) is 37.9 Å². The molecule has 2 unspecified atom stereocenters. The smallest absolute Gasteiger partial charge is 0.311 e. The van der Waals surface area contributed by atoms with Gasteiger partial charge in [-0.15, -0.1) is 0 Å². The van der Waals surface area contributed by atoms with E-state index in [1.807, 2.05) is 0 Å².